The minimum atomic E-state index is -3.88. The number of carbonyl (C=O) groups excluding carboxylic acids is 2. The second kappa shape index (κ2) is 16.9. The number of ether oxygens (including phenoxy) is 2. The zero-order valence-corrected chi connectivity index (χ0v) is 27.3. The molecule has 0 aliphatic heterocycles. The average Bonchev–Trinajstić information content (AvgIpc) is 2.91. The smallest absolute Gasteiger partial charge is 0.311 e. The lowest BCUT2D eigenvalue weighted by atomic mass is 9.86. The predicted molar refractivity (Wildman–Crippen MR) is 163 cm³/mol. The van der Waals surface area contributed by atoms with Crippen molar-refractivity contribution < 1.29 is 27.5 Å². The Hall–Kier alpha value is -2.40. The first-order valence-corrected chi connectivity index (χ1v) is 16.7. The van der Waals surface area contributed by atoms with Crippen LogP contribution in [-0.4, -0.2) is 38.3 Å². The molecule has 0 aliphatic rings. The summed E-state index contributed by atoms with van der Waals surface area (Å²) >= 11 is 0. The van der Waals surface area contributed by atoms with Gasteiger partial charge < -0.3 is 9.47 Å². The molecule has 232 valence electrons. The van der Waals surface area contributed by atoms with Gasteiger partial charge in [0.2, 0.25) is 0 Å². The third-order valence-corrected chi connectivity index (χ3v) is 10.4. The Labute approximate surface area is 249 Å². The Morgan fingerprint density at radius 3 is 1.41 bits per heavy atom. The highest BCUT2D eigenvalue weighted by Gasteiger charge is 2.44. The molecule has 0 saturated heterocycles. The Kier molecular flexibility index (Phi) is 15.1. The molecule has 0 aromatic heterocycles. The van der Waals surface area contributed by atoms with Crippen LogP contribution >= 0.6 is 0 Å². The van der Waals surface area contributed by atoms with E-state index in [1.165, 1.54) is 0 Å². The maximum atomic E-state index is 13.8. The van der Waals surface area contributed by atoms with E-state index in [2.05, 4.69) is 6.07 Å². The van der Waals surface area contributed by atoms with E-state index in [0.29, 0.717) is 38.9 Å². The molecule has 0 N–H and O–H groups in total. The molecule has 0 atom stereocenters. The second-order valence-corrected chi connectivity index (χ2v) is 14.7. The zero-order valence-electron chi connectivity index (χ0n) is 26.5. The number of carbonyl (C=O) groups is 2. The quantitative estimate of drug-likeness (QED) is 0.112. The van der Waals surface area contributed by atoms with Crippen molar-refractivity contribution in [3.63, 3.8) is 0 Å². The molecule has 0 aliphatic carbocycles. The number of sulfone groups is 1. The monoisotopic (exact) mass is 591 g/mol. The molecule has 7 nitrogen and oxygen atoms in total. The molecule has 0 bridgehead atoms. The Balaban J connectivity index is 2.83. The van der Waals surface area contributed by atoms with E-state index in [1.54, 1.807) is 38.1 Å². The van der Waals surface area contributed by atoms with Crippen molar-refractivity contribution >= 4 is 21.8 Å². The van der Waals surface area contributed by atoms with E-state index >= 15 is 0 Å². The van der Waals surface area contributed by atoms with Crippen LogP contribution in [0.5, 0.6) is 0 Å². The van der Waals surface area contributed by atoms with Gasteiger partial charge in [-0.3, -0.25) is 9.59 Å². The Bertz CT molecular complexity index is 1060. The van der Waals surface area contributed by atoms with E-state index < -0.39 is 25.4 Å². The summed E-state index contributed by atoms with van der Waals surface area (Å²) in [5, 5.41) is 10.3. The third kappa shape index (κ3) is 11.1. The van der Waals surface area contributed by atoms with Crippen molar-refractivity contribution in [1.29, 1.82) is 5.26 Å². The molecule has 8 heteroatoms. The van der Waals surface area contributed by atoms with E-state index in [1.807, 2.05) is 34.6 Å². The molecule has 41 heavy (non-hydrogen) atoms. The maximum absolute atomic E-state index is 13.8. The van der Waals surface area contributed by atoms with Crippen LogP contribution in [0, 0.1) is 29.1 Å². The number of benzene rings is 1. The first kappa shape index (κ1) is 36.6. The van der Waals surface area contributed by atoms with Gasteiger partial charge in [0.25, 0.3) is 0 Å². The van der Waals surface area contributed by atoms with Gasteiger partial charge >= 0.3 is 11.9 Å². The second-order valence-electron chi connectivity index (χ2n) is 12.5. The number of hydrogen-bond donors (Lipinski definition) is 0. The Morgan fingerprint density at radius 1 is 0.707 bits per heavy atom. The van der Waals surface area contributed by atoms with Crippen molar-refractivity contribution in [2.45, 2.75) is 135 Å². The minimum Gasteiger partial charge on any atom is -0.466 e. The van der Waals surface area contributed by atoms with Crippen molar-refractivity contribution in [1.82, 2.24) is 0 Å². The molecule has 1 aromatic carbocycles. The van der Waals surface area contributed by atoms with Crippen LogP contribution < -0.4 is 0 Å². The number of nitriles is 1. The highest BCUT2D eigenvalue weighted by molar-refractivity contribution is 7.93. The molecule has 0 unspecified atom stereocenters. The summed E-state index contributed by atoms with van der Waals surface area (Å²) in [4.78, 5) is 24.5. The van der Waals surface area contributed by atoms with E-state index in [9.17, 15) is 23.3 Å². The van der Waals surface area contributed by atoms with Gasteiger partial charge in [0.05, 0.1) is 35.0 Å². The standard InChI is InChI=1S/C33H53NO6S/c1-8-39-29(35)31(4,5)22-14-10-12-16-24-33(26-34,41(37,38)28-20-18-27(3)19-21-28)25-17-13-11-15-23-32(6,7)30(36)40-9-2/h18-21H,8-17,22-25H2,1-7H3. The lowest BCUT2D eigenvalue weighted by Crippen LogP contribution is -2.37. The number of unbranched alkanes of at least 4 members (excludes halogenated alkanes) is 6. The molecule has 0 saturated carbocycles. The molecule has 0 radical (unpaired) electrons. The molecule has 1 rings (SSSR count). The summed E-state index contributed by atoms with van der Waals surface area (Å²) in [5.41, 5.74) is -0.137. The molecule has 0 spiro atoms. The van der Waals surface area contributed by atoms with Gasteiger partial charge in [-0.05, 0) is 86.3 Å². The van der Waals surface area contributed by atoms with Crippen LogP contribution in [0.25, 0.3) is 0 Å². The highest BCUT2D eigenvalue weighted by atomic mass is 32.2. The van der Waals surface area contributed by atoms with Gasteiger partial charge in [-0.1, -0.05) is 69.1 Å². The van der Waals surface area contributed by atoms with Crippen molar-refractivity contribution in [2.24, 2.45) is 10.8 Å². The van der Waals surface area contributed by atoms with Crippen LogP contribution in [-0.2, 0) is 28.9 Å². The summed E-state index contributed by atoms with van der Waals surface area (Å²) in [7, 11) is -3.88. The lowest BCUT2D eigenvalue weighted by Gasteiger charge is -2.27. The molecular weight excluding hydrogens is 538 g/mol. The van der Waals surface area contributed by atoms with Crippen LogP contribution in [0.1, 0.15) is 124 Å². The third-order valence-electron chi connectivity index (χ3n) is 7.97. The van der Waals surface area contributed by atoms with Crippen LogP contribution in [0.15, 0.2) is 29.2 Å². The molecule has 0 amide bonds. The van der Waals surface area contributed by atoms with Gasteiger partial charge in [-0.25, -0.2) is 8.42 Å². The molecule has 0 fully saturated rings. The summed E-state index contributed by atoms with van der Waals surface area (Å²) in [6.07, 6.45) is 8.12. The van der Waals surface area contributed by atoms with Gasteiger partial charge in [0, 0.05) is 0 Å². The number of aryl methyl sites for hydroxylation is 1. The number of nitrogens with zero attached hydrogens (tertiary/aromatic N) is 1. The van der Waals surface area contributed by atoms with Crippen LogP contribution in [0.4, 0.5) is 0 Å². The largest absolute Gasteiger partial charge is 0.466 e. The lowest BCUT2D eigenvalue weighted by molar-refractivity contribution is -0.154. The summed E-state index contributed by atoms with van der Waals surface area (Å²) < 4.78 is 36.5. The minimum absolute atomic E-state index is 0.192. The van der Waals surface area contributed by atoms with Crippen molar-refractivity contribution in [2.75, 3.05) is 13.2 Å². The summed E-state index contributed by atoms with van der Waals surface area (Å²) in [6.45, 7) is 13.8. The van der Waals surface area contributed by atoms with Crippen LogP contribution in [0.3, 0.4) is 0 Å². The van der Waals surface area contributed by atoms with E-state index in [0.717, 1.165) is 44.1 Å². The fraction of sp³-hybridized carbons (Fsp3) is 0.727. The highest BCUT2D eigenvalue weighted by Crippen LogP contribution is 2.36. The van der Waals surface area contributed by atoms with Gasteiger partial charge in [0.15, 0.2) is 14.6 Å². The van der Waals surface area contributed by atoms with Crippen molar-refractivity contribution in [3.8, 4) is 6.07 Å². The number of rotatable bonds is 20. The topological polar surface area (TPSA) is 111 Å². The van der Waals surface area contributed by atoms with Gasteiger partial charge in [-0.15, -0.1) is 0 Å². The zero-order chi connectivity index (χ0) is 31.2. The SMILES string of the molecule is CCOC(=O)C(C)(C)CCCCCCC(C#N)(CCCCCCC(C)(C)C(=O)OCC)S(=O)(=O)c1ccc(C)cc1. The molecule has 1 aromatic rings. The number of esters is 2. The van der Waals surface area contributed by atoms with Crippen LogP contribution in [0.2, 0.25) is 0 Å². The van der Waals surface area contributed by atoms with Crippen molar-refractivity contribution in [3.05, 3.63) is 29.8 Å². The molecular formula is C33H53NO6S. The fourth-order valence-corrected chi connectivity index (χ4v) is 6.92. The average molecular weight is 592 g/mol. The normalized spacial score (nSPS) is 12.5. The van der Waals surface area contributed by atoms with Gasteiger partial charge in [0.1, 0.15) is 0 Å². The first-order valence-electron chi connectivity index (χ1n) is 15.3. The summed E-state index contributed by atoms with van der Waals surface area (Å²) in [6, 6.07) is 8.99. The maximum Gasteiger partial charge on any atom is 0.311 e. The predicted octanol–water partition coefficient (Wildman–Crippen LogP) is 7.89. The summed E-state index contributed by atoms with van der Waals surface area (Å²) in [5.74, 6) is -0.394. The van der Waals surface area contributed by atoms with E-state index in [4.69, 9.17) is 9.47 Å². The number of hydrogen-bond acceptors (Lipinski definition) is 7. The first-order chi connectivity index (χ1) is 19.2. The molecule has 0 heterocycles. The van der Waals surface area contributed by atoms with Gasteiger partial charge in [-0.2, -0.15) is 5.26 Å². The fourth-order valence-electron chi connectivity index (χ4n) is 5.03. The van der Waals surface area contributed by atoms with E-state index in [-0.39, 0.29) is 29.7 Å². The Morgan fingerprint density at radius 2 is 1.07 bits per heavy atom.